The highest BCUT2D eigenvalue weighted by molar-refractivity contribution is 5.88. The van der Waals surface area contributed by atoms with Gasteiger partial charge in [0.05, 0.1) is 17.4 Å². The second kappa shape index (κ2) is 6.38. The molecule has 2 N–H and O–H groups in total. The maximum Gasteiger partial charge on any atom is 0.180 e. The smallest absolute Gasteiger partial charge is 0.180 e. The van der Waals surface area contributed by atoms with E-state index in [1.165, 1.54) is 0 Å². The van der Waals surface area contributed by atoms with Crippen molar-refractivity contribution in [3.05, 3.63) is 66.2 Å². The highest BCUT2D eigenvalue weighted by Crippen LogP contribution is 2.27. The molecular formula is C21H16N8O. The number of hydrogen-bond donors (Lipinski definition) is 2. The van der Waals surface area contributed by atoms with Crippen LogP contribution >= 0.6 is 0 Å². The van der Waals surface area contributed by atoms with E-state index in [1.54, 1.807) is 12.4 Å². The Hall–Kier alpha value is -4.27. The predicted octanol–water partition coefficient (Wildman–Crippen LogP) is 3.72. The Bertz CT molecular complexity index is 1530. The largest absolute Gasteiger partial charge is 0.356 e. The van der Waals surface area contributed by atoms with Gasteiger partial charge in [0.1, 0.15) is 0 Å². The molecule has 0 saturated carbocycles. The Morgan fingerprint density at radius 3 is 3.00 bits per heavy atom. The number of nitrogens with one attached hydrogen (secondary N) is 2. The second-order valence-corrected chi connectivity index (χ2v) is 7.13. The number of benzene rings is 2. The van der Waals surface area contributed by atoms with Crippen molar-refractivity contribution in [2.45, 2.75) is 6.42 Å². The van der Waals surface area contributed by atoms with Gasteiger partial charge >= 0.3 is 0 Å². The van der Waals surface area contributed by atoms with Gasteiger partial charge in [0, 0.05) is 48.4 Å². The number of nitrogens with zero attached hydrogens (tertiary/aromatic N) is 6. The Morgan fingerprint density at radius 2 is 2.03 bits per heavy atom. The van der Waals surface area contributed by atoms with Crippen molar-refractivity contribution in [3.63, 3.8) is 0 Å². The fourth-order valence-corrected chi connectivity index (χ4v) is 3.69. The van der Waals surface area contributed by atoms with Crippen LogP contribution in [-0.2, 0) is 13.5 Å². The third-order valence-electron chi connectivity index (χ3n) is 5.19. The second-order valence-electron chi connectivity index (χ2n) is 7.13. The molecule has 9 nitrogen and oxygen atoms in total. The lowest BCUT2D eigenvalue weighted by molar-refractivity contribution is 0.448. The first kappa shape index (κ1) is 16.7. The van der Waals surface area contributed by atoms with E-state index >= 15 is 0 Å². The van der Waals surface area contributed by atoms with E-state index in [0.29, 0.717) is 29.0 Å². The summed E-state index contributed by atoms with van der Waals surface area (Å²) in [5, 5.41) is 21.1. The van der Waals surface area contributed by atoms with E-state index in [9.17, 15) is 0 Å². The van der Waals surface area contributed by atoms with Crippen LogP contribution in [0.3, 0.4) is 0 Å². The van der Waals surface area contributed by atoms with Crippen LogP contribution in [0.4, 0.5) is 11.5 Å². The lowest BCUT2D eigenvalue weighted by Crippen LogP contribution is -1.93. The molecule has 6 rings (SSSR count). The first-order chi connectivity index (χ1) is 14.7. The number of aryl methyl sites for hydroxylation is 1. The van der Waals surface area contributed by atoms with Gasteiger partial charge in [-0.2, -0.15) is 10.2 Å². The van der Waals surface area contributed by atoms with Crippen LogP contribution in [-0.4, -0.2) is 35.1 Å². The SMILES string of the molecule is Cn1ncc2cc(Cc3noc4cc(Nc5n[nH]c6nccnc56)ccc34)ccc21. The van der Waals surface area contributed by atoms with Crippen molar-refractivity contribution in [1.82, 2.24) is 35.1 Å². The summed E-state index contributed by atoms with van der Waals surface area (Å²) in [4.78, 5) is 8.52. The Balaban J connectivity index is 1.30. The van der Waals surface area contributed by atoms with Gasteiger partial charge in [-0.05, 0) is 29.8 Å². The fourth-order valence-electron chi connectivity index (χ4n) is 3.69. The molecule has 0 bridgehead atoms. The van der Waals surface area contributed by atoms with Crippen LogP contribution in [0.15, 0.2) is 59.5 Å². The number of anilines is 2. The molecule has 0 saturated heterocycles. The molecule has 30 heavy (non-hydrogen) atoms. The minimum atomic E-state index is 0.613. The quantitative estimate of drug-likeness (QED) is 0.467. The van der Waals surface area contributed by atoms with Gasteiger partial charge in [-0.1, -0.05) is 11.2 Å². The van der Waals surface area contributed by atoms with E-state index in [-0.39, 0.29) is 0 Å². The van der Waals surface area contributed by atoms with Crippen LogP contribution in [0.25, 0.3) is 33.0 Å². The first-order valence-electron chi connectivity index (χ1n) is 9.46. The van der Waals surface area contributed by atoms with Gasteiger partial charge < -0.3 is 9.84 Å². The summed E-state index contributed by atoms with van der Waals surface area (Å²) >= 11 is 0. The maximum absolute atomic E-state index is 5.60. The van der Waals surface area contributed by atoms with Crippen LogP contribution < -0.4 is 5.32 Å². The van der Waals surface area contributed by atoms with Crippen LogP contribution in [0, 0.1) is 0 Å². The number of hydrogen-bond acceptors (Lipinski definition) is 7. The average molecular weight is 396 g/mol. The molecule has 146 valence electrons. The average Bonchev–Trinajstić information content (AvgIpc) is 3.46. The number of aromatic amines is 1. The number of H-pyrrole nitrogens is 1. The molecule has 0 spiro atoms. The highest BCUT2D eigenvalue weighted by Gasteiger charge is 2.13. The maximum atomic E-state index is 5.60. The zero-order chi connectivity index (χ0) is 20.1. The van der Waals surface area contributed by atoms with E-state index < -0.39 is 0 Å². The monoisotopic (exact) mass is 396 g/mol. The molecule has 2 aromatic carbocycles. The third kappa shape index (κ3) is 2.67. The van der Waals surface area contributed by atoms with Gasteiger partial charge in [0.2, 0.25) is 0 Å². The molecule has 4 heterocycles. The normalized spacial score (nSPS) is 11.6. The number of rotatable bonds is 4. The van der Waals surface area contributed by atoms with Gasteiger partial charge in [-0.15, -0.1) is 0 Å². The zero-order valence-electron chi connectivity index (χ0n) is 16.0. The van der Waals surface area contributed by atoms with Crippen molar-refractivity contribution in [2.75, 3.05) is 5.32 Å². The van der Waals surface area contributed by atoms with Crippen molar-refractivity contribution in [2.24, 2.45) is 7.05 Å². The molecular weight excluding hydrogens is 380 g/mol. The summed E-state index contributed by atoms with van der Waals surface area (Å²) < 4.78 is 7.47. The van der Waals surface area contributed by atoms with E-state index in [1.807, 2.05) is 36.1 Å². The number of fused-ring (bicyclic) bond motifs is 3. The van der Waals surface area contributed by atoms with Gasteiger partial charge in [0.25, 0.3) is 0 Å². The molecule has 6 aromatic rings. The van der Waals surface area contributed by atoms with Crippen LogP contribution in [0.2, 0.25) is 0 Å². The van der Waals surface area contributed by atoms with Crippen LogP contribution in [0.5, 0.6) is 0 Å². The molecule has 0 amide bonds. The predicted molar refractivity (Wildman–Crippen MR) is 112 cm³/mol. The van der Waals surface area contributed by atoms with Crippen molar-refractivity contribution in [1.29, 1.82) is 0 Å². The Kier molecular flexibility index (Phi) is 3.54. The summed E-state index contributed by atoms with van der Waals surface area (Å²) in [6.45, 7) is 0. The van der Waals surface area contributed by atoms with Gasteiger partial charge in [-0.25, -0.2) is 9.97 Å². The molecule has 4 aromatic heterocycles. The summed E-state index contributed by atoms with van der Waals surface area (Å²) in [7, 11) is 1.94. The lowest BCUT2D eigenvalue weighted by atomic mass is 10.1. The van der Waals surface area contributed by atoms with Crippen molar-refractivity contribution < 1.29 is 4.52 Å². The van der Waals surface area contributed by atoms with Gasteiger partial charge in [0.15, 0.2) is 22.6 Å². The summed E-state index contributed by atoms with van der Waals surface area (Å²) in [5.41, 5.74) is 6.03. The van der Waals surface area contributed by atoms with Crippen molar-refractivity contribution >= 4 is 44.5 Å². The molecule has 0 atom stereocenters. The van der Waals surface area contributed by atoms with Gasteiger partial charge in [-0.3, -0.25) is 9.78 Å². The third-order valence-corrected chi connectivity index (χ3v) is 5.19. The van der Waals surface area contributed by atoms with Crippen LogP contribution in [0.1, 0.15) is 11.3 Å². The molecule has 0 radical (unpaired) electrons. The van der Waals surface area contributed by atoms with E-state index in [2.05, 4.69) is 53.9 Å². The summed E-state index contributed by atoms with van der Waals surface area (Å²) in [6, 6.07) is 12.2. The molecule has 0 aliphatic carbocycles. The zero-order valence-corrected chi connectivity index (χ0v) is 16.0. The Morgan fingerprint density at radius 1 is 1.10 bits per heavy atom. The minimum Gasteiger partial charge on any atom is -0.356 e. The molecule has 0 aliphatic heterocycles. The van der Waals surface area contributed by atoms with E-state index in [4.69, 9.17) is 4.52 Å². The lowest BCUT2D eigenvalue weighted by Gasteiger charge is -2.03. The molecule has 0 fully saturated rings. The molecule has 9 heteroatoms. The fraction of sp³-hybridized carbons (Fsp3) is 0.0952. The summed E-state index contributed by atoms with van der Waals surface area (Å²) in [6.07, 6.45) is 5.82. The molecule has 0 aliphatic rings. The number of aromatic nitrogens is 7. The minimum absolute atomic E-state index is 0.613. The van der Waals surface area contributed by atoms with E-state index in [0.717, 1.165) is 33.2 Å². The summed E-state index contributed by atoms with van der Waals surface area (Å²) in [5.74, 6) is 0.613. The Labute approximate surface area is 169 Å². The highest BCUT2D eigenvalue weighted by atomic mass is 16.5. The van der Waals surface area contributed by atoms with Crippen molar-refractivity contribution in [3.8, 4) is 0 Å². The topological polar surface area (TPSA) is 110 Å². The molecule has 0 unspecified atom stereocenters. The first-order valence-corrected chi connectivity index (χ1v) is 9.46. The standard InChI is InChI=1S/C21H16N8O/c1-29-17-5-2-12(8-13(17)11-24-29)9-16-15-4-3-14(10-18(15)30-28-16)25-21-19-20(26-27-21)23-7-6-22-19/h2-8,10-11H,9H2,1H3,(H2,23,25,26,27).